The number of nitrogens with one attached hydrogen (secondary N) is 1. The molecule has 1 aliphatic heterocycles. The summed E-state index contributed by atoms with van der Waals surface area (Å²) in [7, 11) is 0. The molecule has 1 amide bonds. The molecule has 0 radical (unpaired) electrons. The number of carbonyl (C=O) groups excluding carboxylic acids is 1. The number of fused-ring (bicyclic) bond motifs is 1. The van der Waals surface area contributed by atoms with Crippen LogP contribution in [0.25, 0.3) is 0 Å². The molecular formula is C13H16N4O2. The number of H-pyrrole nitrogens is 1. The van der Waals surface area contributed by atoms with E-state index in [1.54, 1.807) is 0 Å². The first kappa shape index (κ1) is 11.8. The molecule has 1 aliphatic rings. The molecule has 2 aromatic heterocycles. The Morgan fingerprint density at radius 2 is 2.47 bits per heavy atom. The van der Waals surface area contributed by atoms with E-state index in [1.165, 1.54) is 0 Å². The van der Waals surface area contributed by atoms with Crippen LogP contribution < -0.4 is 5.73 Å². The van der Waals surface area contributed by atoms with E-state index in [-0.39, 0.29) is 11.9 Å². The van der Waals surface area contributed by atoms with Gasteiger partial charge in [-0.25, -0.2) is 0 Å². The SMILES string of the molecule is Nc1nc2c(o1)CCN(C(=O)CCc1cc[nH]c1)C2. The molecule has 3 heterocycles. The highest BCUT2D eigenvalue weighted by atomic mass is 16.4. The number of carbonyl (C=O) groups is 1. The van der Waals surface area contributed by atoms with Gasteiger partial charge in [-0.3, -0.25) is 4.79 Å². The molecule has 19 heavy (non-hydrogen) atoms. The molecule has 0 aromatic carbocycles. The molecule has 3 rings (SSSR count). The molecule has 0 atom stereocenters. The molecule has 6 heteroatoms. The number of hydrogen-bond acceptors (Lipinski definition) is 4. The highest BCUT2D eigenvalue weighted by Gasteiger charge is 2.24. The third-order valence-corrected chi connectivity index (χ3v) is 3.39. The number of amides is 1. The van der Waals surface area contributed by atoms with E-state index >= 15 is 0 Å². The van der Waals surface area contributed by atoms with Gasteiger partial charge in [0.15, 0.2) is 0 Å². The van der Waals surface area contributed by atoms with E-state index < -0.39 is 0 Å². The zero-order valence-corrected chi connectivity index (χ0v) is 10.6. The normalized spacial score (nSPS) is 14.4. The zero-order valence-electron chi connectivity index (χ0n) is 10.6. The van der Waals surface area contributed by atoms with Gasteiger partial charge in [-0.05, 0) is 18.1 Å². The fourth-order valence-electron chi connectivity index (χ4n) is 2.35. The fourth-order valence-corrected chi connectivity index (χ4v) is 2.35. The lowest BCUT2D eigenvalue weighted by Gasteiger charge is -2.25. The van der Waals surface area contributed by atoms with Gasteiger partial charge in [0, 0.05) is 31.8 Å². The number of aryl methyl sites for hydroxylation is 1. The fraction of sp³-hybridized carbons (Fsp3) is 0.385. The van der Waals surface area contributed by atoms with Crippen molar-refractivity contribution in [2.24, 2.45) is 0 Å². The van der Waals surface area contributed by atoms with Crippen LogP contribution in [0, 0.1) is 0 Å². The topological polar surface area (TPSA) is 88.2 Å². The minimum Gasteiger partial charge on any atom is -0.428 e. The number of aromatic amines is 1. The van der Waals surface area contributed by atoms with E-state index in [2.05, 4.69) is 9.97 Å². The van der Waals surface area contributed by atoms with Gasteiger partial charge in [0.05, 0.1) is 6.54 Å². The molecular weight excluding hydrogens is 244 g/mol. The Morgan fingerprint density at radius 1 is 1.58 bits per heavy atom. The maximum atomic E-state index is 12.1. The molecule has 0 aliphatic carbocycles. The monoisotopic (exact) mass is 260 g/mol. The number of anilines is 1. The minimum absolute atomic E-state index is 0.147. The van der Waals surface area contributed by atoms with Crippen molar-refractivity contribution in [1.82, 2.24) is 14.9 Å². The van der Waals surface area contributed by atoms with Crippen LogP contribution in [-0.4, -0.2) is 27.3 Å². The second kappa shape index (κ2) is 4.79. The van der Waals surface area contributed by atoms with Crippen LogP contribution in [-0.2, 0) is 24.2 Å². The van der Waals surface area contributed by atoms with Crippen molar-refractivity contribution in [2.45, 2.75) is 25.8 Å². The van der Waals surface area contributed by atoms with E-state index in [9.17, 15) is 4.79 Å². The molecule has 0 saturated heterocycles. The Bertz CT molecular complexity index is 573. The van der Waals surface area contributed by atoms with Crippen molar-refractivity contribution < 1.29 is 9.21 Å². The average Bonchev–Trinajstić information content (AvgIpc) is 3.02. The minimum atomic E-state index is 0.147. The van der Waals surface area contributed by atoms with Crippen molar-refractivity contribution >= 4 is 11.9 Å². The molecule has 0 unspecified atom stereocenters. The summed E-state index contributed by atoms with van der Waals surface area (Å²) < 4.78 is 5.28. The summed E-state index contributed by atoms with van der Waals surface area (Å²) in [5.74, 6) is 0.959. The lowest BCUT2D eigenvalue weighted by Crippen LogP contribution is -2.35. The first-order valence-corrected chi connectivity index (χ1v) is 6.36. The van der Waals surface area contributed by atoms with E-state index in [0.717, 1.165) is 23.4 Å². The number of aromatic nitrogens is 2. The number of oxazole rings is 1. The summed E-state index contributed by atoms with van der Waals surface area (Å²) >= 11 is 0. The van der Waals surface area contributed by atoms with Crippen molar-refractivity contribution in [3.63, 3.8) is 0 Å². The molecule has 3 N–H and O–H groups in total. The van der Waals surface area contributed by atoms with E-state index in [0.29, 0.717) is 25.9 Å². The molecule has 0 saturated carbocycles. The smallest absolute Gasteiger partial charge is 0.292 e. The number of nitrogens with zero attached hydrogens (tertiary/aromatic N) is 2. The number of nitrogen functional groups attached to an aromatic ring is 1. The number of hydrogen-bond donors (Lipinski definition) is 2. The molecule has 0 bridgehead atoms. The van der Waals surface area contributed by atoms with Crippen LogP contribution in [0.3, 0.4) is 0 Å². The van der Waals surface area contributed by atoms with Crippen LogP contribution in [0.2, 0.25) is 0 Å². The molecule has 0 spiro atoms. The third-order valence-electron chi connectivity index (χ3n) is 3.39. The van der Waals surface area contributed by atoms with Gasteiger partial charge in [0.25, 0.3) is 6.01 Å². The lowest BCUT2D eigenvalue weighted by atomic mass is 10.1. The van der Waals surface area contributed by atoms with Gasteiger partial charge in [-0.1, -0.05) is 0 Å². The summed E-state index contributed by atoms with van der Waals surface area (Å²) in [5, 5.41) is 0. The maximum absolute atomic E-state index is 12.1. The number of nitrogens with two attached hydrogens (primary N) is 1. The standard InChI is InChI=1S/C13H16N4O2/c14-13-16-10-8-17(6-4-11(10)19-13)12(18)2-1-9-3-5-15-7-9/h3,5,7,15H,1-2,4,6,8H2,(H2,14,16). The first-order chi connectivity index (χ1) is 9.22. The highest BCUT2D eigenvalue weighted by molar-refractivity contribution is 5.76. The second-order valence-corrected chi connectivity index (χ2v) is 4.71. The van der Waals surface area contributed by atoms with Gasteiger partial charge in [0.2, 0.25) is 5.91 Å². The number of rotatable bonds is 3. The Kier molecular flexibility index (Phi) is 2.98. The average molecular weight is 260 g/mol. The molecule has 0 fully saturated rings. The summed E-state index contributed by atoms with van der Waals surface area (Å²) in [6, 6.07) is 2.17. The predicted octanol–water partition coefficient (Wildman–Crippen LogP) is 1.10. The van der Waals surface area contributed by atoms with Crippen LogP contribution in [0.4, 0.5) is 6.01 Å². The summed E-state index contributed by atoms with van der Waals surface area (Å²) in [6.45, 7) is 1.18. The summed E-state index contributed by atoms with van der Waals surface area (Å²) in [5.41, 5.74) is 7.46. The van der Waals surface area contributed by atoms with Crippen molar-refractivity contribution in [3.05, 3.63) is 35.5 Å². The Hall–Kier alpha value is -2.24. The Morgan fingerprint density at radius 3 is 3.26 bits per heavy atom. The lowest BCUT2D eigenvalue weighted by molar-refractivity contribution is -0.132. The van der Waals surface area contributed by atoms with Crippen LogP contribution in [0.1, 0.15) is 23.4 Å². The predicted molar refractivity (Wildman–Crippen MR) is 69.2 cm³/mol. The quantitative estimate of drug-likeness (QED) is 0.865. The van der Waals surface area contributed by atoms with Crippen molar-refractivity contribution in [1.29, 1.82) is 0 Å². The van der Waals surface area contributed by atoms with Gasteiger partial charge in [0.1, 0.15) is 11.5 Å². The Labute approximate surface area is 110 Å². The first-order valence-electron chi connectivity index (χ1n) is 6.36. The zero-order chi connectivity index (χ0) is 13.2. The van der Waals surface area contributed by atoms with Gasteiger partial charge in [-0.15, -0.1) is 0 Å². The largest absolute Gasteiger partial charge is 0.428 e. The van der Waals surface area contributed by atoms with Crippen LogP contribution in [0.15, 0.2) is 22.9 Å². The molecule has 2 aromatic rings. The van der Waals surface area contributed by atoms with Gasteiger partial charge >= 0.3 is 0 Å². The Balaban J connectivity index is 1.59. The maximum Gasteiger partial charge on any atom is 0.292 e. The molecule has 6 nitrogen and oxygen atoms in total. The summed E-state index contributed by atoms with van der Waals surface area (Å²) in [4.78, 5) is 21.0. The summed E-state index contributed by atoms with van der Waals surface area (Å²) in [6.07, 6.45) is 5.74. The second-order valence-electron chi connectivity index (χ2n) is 4.71. The van der Waals surface area contributed by atoms with E-state index in [1.807, 2.05) is 23.4 Å². The van der Waals surface area contributed by atoms with Crippen molar-refractivity contribution in [2.75, 3.05) is 12.3 Å². The highest BCUT2D eigenvalue weighted by Crippen LogP contribution is 2.21. The third kappa shape index (κ3) is 2.47. The van der Waals surface area contributed by atoms with Crippen LogP contribution in [0.5, 0.6) is 0 Å². The van der Waals surface area contributed by atoms with Gasteiger partial charge < -0.3 is 20.0 Å². The van der Waals surface area contributed by atoms with Crippen LogP contribution >= 0.6 is 0 Å². The molecule has 100 valence electrons. The van der Waals surface area contributed by atoms with E-state index in [4.69, 9.17) is 10.2 Å². The van der Waals surface area contributed by atoms with Crippen molar-refractivity contribution in [3.8, 4) is 0 Å². The van der Waals surface area contributed by atoms with Gasteiger partial charge in [-0.2, -0.15) is 4.98 Å².